The minimum absolute atomic E-state index is 0.0744. The number of rotatable bonds is 7. The van der Waals surface area contributed by atoms with Gasteiger partial charge in [-0.15, -0.1) is 16.4 Å². The molecule has 11 heteroatoms. The zero-order chi connectivity index (χ0) is 24.6. The summed E-state index contributed by atoms with van der Waals surface area (Å²) in [5.74, 6) is -1.24. The number of carbonyl (C=O) groups excluding carboxylic acids is 1. The van der Waals surface area contributed by atoms with Crippen LogP contribution in [0.25, 0.3) is 21.8 Å². The molecule has 2 N–H and O–H groups in total. The van der Waals surface area contributed by atoms with Crippen molar-refractivity contribution in [3.05, 3.63) is 74.4 Å². The SMILES string of the molecule is CCc1cc(-c2nnn(Cc3c(F)cccc3[N+](=O)[O-])c2-c2ccc(C(C)=O)s2)c(O)cc1O. The molecule has 0 fully saturated rings. The number of Topliss-reactive ketones (excluding diaryl/α,β-unsaturated/α-hetero) is 1. The second-order valence-electron chi connectivity index (χ2n) is 7.51. The molecule has 0 aliphatic carbocycles. The van der Waals surface area contributed by atoms with Crippen LogP contribution in [-0.4, -0.2) is 35.9 Å². The summed E-state index contributed by atoms with van der Waals surface area (Å²) in [5.41, 5.74) is 0.823. The first-order valence-electron chi connectivity index (χ1n) is 10.2. The van der Waals surface area contributed by atoms with E-state index in [9.17, 15) is 29.5 Å². The van der Waals surface area contributed by atoms with Crippen LogP contribution in [0.3, 0.4) is 0 Å². The number of hydrogen-bond donors (Lipinski definition) is 2. The molecule has 0 bridgehead atoms. The van der Waals surface area contributed by atoms with Crippen molar-refractivity contribution in [3.8, 4) is 33.3 Å². The normalized spacial score (nSPS) is 11.0. The van der Waals surface area contributed by atoms with Gasteiger partial charge in [-0.25, -0.2) is 9.07 Å². The fourth-order valence-electron chi connectivity index (χ4n) is 3.62. The van der Waals surface area contributed by atoms with Gasteiger partial charge in [0.15, 0.2) is 5.78 Å². The topological polar surface area (TPSA) is 131 Å². The molecule has 0 saturated carbocycles. The third-order valence-electron chi connectivity index (χ3n) is 5.35. The maximum atomic E-state index is 14.6. The van der Waals surface area contributed by atoms with Crippen molar-refractivity contribution in [1.82, 2.24) is 15.0 Å². The van der Waals surface area contributed by atoms with Gasteiger partial charge in [0, 0.05) is 17.7 Å². The minimum Gasteiger partial charge on any atom is -0.508 e. The molecular formula is C23H19FN4O5S. The summed E-state index contributed by atoms with van der Waals surface area (Å²) >= 11 is 1.16. The molecule has 2 heterocycles. The van der Waals surface area contributed by atoms with Crippen molar-refractivity contribution in [1.29, 1.82) is 0 Å². The minimum atomic E-state index is -0.770. The maximum absolute atomic E-state index is 14.6. The average molecular weight is 482 g/mol. The Morgan fingerprint density at radius 2 is 1.97 bits per heavy atom. The van der Waals surface area contributed by atoms with E-state index in [0.717, 1.165) is 17.4 Å². The van der Waals surface area contributed by atoms with E-state index in [4.69, 9.17) is 0 Å². The molecule has 0 atom stereocenters. The number of carbonyl (C=O) groups is 1. The average Bonchev–Trinajstić information content (AvgIpc) is 3.42. The molecule has 0 aliphatic rings. The lowest BCUT2D eigenvalue weighted by atomic mass is 10.0. The number of aromatic hydroxyl groups is 2. The monoisotopic (exact) mass is 482 g/mol. The molecule has 4 aromatic rings. The fraction of sp³-hybridized carbons (Fsp3) is 0.174. The van der Waals surface area contributed by atoms with Crippen LogP contribution in [0.15, 0.2) is 42.5 Å². The van der Waals surface area contributed by atoms with Crippen LogP contribution < -0.4 is 0 Å². The van der Waals surface area contributed by atoms with Gasteiger partial charge in [-0.3, -0.25) is 14.9 Å². The first-order valence-corrected chi connectivity index (χ1v) is 11.0. The fourth-order valence-corrected chi connectivity index (χ4v) is 4.57. The smallest absolute Gasteiger partial charge is 0.277 e. The van der Waals surface area contributed by atoms with Crippen LogP contribution in [0.2, 0.25) is 0 Å². The van der Waals surface area contributed by atoms with E-state index in [1.165, 1.54) is 29.8 Å². The Bertz CT molecular complexity index is 1430. The van der Waals surface area contributed by atoms with Gasteiger partial charge in [-0.1, -0.05) is 18.2 Å². The Kier molecular flexibility index (Phi) is 6.12. The molecular weight excluding hydrogens is 463 g/mol. The Labute approximate surface area is 196 Å². The van der Waals surface area contributed by atoms with Crippen molar-refractivity contribution < 1.29 is 24.3 Å². The van der Waals surface area contributed by atoms with E-state index in [2.05, 4.69) is 10.3 Å². The summed E-state index contributed by atoms with van der Waals surface area (Å²) in [6.45, 7) is 2.95. The molecule has 0 unspecified atom stereocenters. The Balaban J connectivity index is 1.94. The van der Waals surface area contributed by atoms with Crippen LogP contribution in [0.4, 0.5) is 10.1 Å². The number of phenolic OH excluding ortho intramolecular Hbond substituents is 2. The summed E-state index contributed by atoms with van der Waals surface area (Å²) in [4.78, 5) is 23.7. The lowest BCUT2D eigenvalue weighted by Crippen LogP contribution is -2.08. The summed E-state index contributed by atoms with van der Waals surface area (Å²) in [5, 5.41) is 40.4. The van der Waals surface area contributed by atoms with Crippen molar-refractivity contribution in [2.24, 2.45) is 0 Å². The number of aryl methyl sites for hydroxylation is 1. The van der Waals surface area contributed by atoms with Gasteiger partial charge in [-0.2, -0.15) is 0 Å². The molecule has 0 amide bonds. The zero-order valence-electron chi connectivity index (χ0n) is 18.1. The van der Waals surface area contributed by atoms with Crippen molar-refractivity contribution >= 4 is 22.8 Å². The second-order valence-corrected chi connectivity index (χ2v) is 8.59. The third kappa shape index (κ3) is 4.13. The van der Waals surface area contributed by atoms with Crippen LogP contribution in [0.1, 0.15) is 34.6 Å². The molecule has 0 aliphatic heterocycles. The van der Waals surface area contributed by atoms with E-state index in [0.29, 0.717) is 27.4 Å². The van der Waals surface area contributed by atoms with Gasteiger partial charge in [0.05, 0.1) is 26.8 Å². The molecule has 0 spiro atoms. The number of nitro benzene ring substituents is 1. The largest absolute Gasteiger partial charge is 0.508 e. The second kappa shape index (κ2) is 9.02. The van der Waals surface area contributed by atoms with Crippen LogP contribution >= 0.6 is 11.3 Å². The number of aromatic nitrogens is 3. The molecule has 0 saturated heterocycles. The summed E-state index contributed by atoms with van der Waals surface area (Å²) in [6.07, 6.45) is 0.484. The lowest BCUT2D eigenvalue weighted by molar-refractivity contribution is -0.385. The Morgan fingerprint density at radius 3 is 2.62 bits per heavy atom. The van der Waals surface area contributed by atoms with E-state index in [1.54, 1.807) is 18.2 Å². The summed E-state index contributed by atoms with van der Waals surface area (Å²) < 4.78 is 15.9. The number of hydrogen-bond acceptors (Lipinski definition) is 8. The van der Waals surface area contributed by atoms with E-state index >= 15 is 0 Å². The number of benzene rings is 2. The lowest BCUT2D eigenvalue weighted by Gasteiger charge is -2.11. The van der Waals surface area contributed by atoms with E-state index < -0.39 is 16.4 Å². The molecule has 34 heavy (non-hydrogen) atoms. The molecule has 2 aromatic carbocycles. The predicted octanol–water partition coefficient (Wildman–Crippen LogP) is 4.95. The zero-order valence-corrected chi connectivity index (χ0v) is 19.0. The highest BCUT2D eigenvalue weighted by atomic mass is 32.1. The maximum Gasteiger partial charge on any atom is 0.277 e. The van der Waals surface area contributed by atoms with Gasteiger partial charge >= 0.3 is 0 Å². The first-order chi connectivity index (χ1) is 16.2. The molecule has 174 valence electrons. The standard InChI is InChI=1S/C23H19FN4O5S/c1-3-13-9-14(19(31)10-18(13)30)22-23(21-8-7-20(34-21)12(2)29)27(26-25-22)11-15-16(24)5-4-6-17(15)28(32)33/h4-10,30-31H,3,11H2,1-2H3. The third-order valence-corrected chi connectivity index (χ3v) is 6.55. The number of halogens is 1. The van der Waals surface area contributed by atoms with Crippen LogP contribution in [0.5, 0.6) is 11.5 Å². The highest BCUT2D eigenvalue weighted by Gasteiger charge is 2.25. The van der Waals surface area contributed by atoms with Crippen molar-refractivity contribution in [2.45, 2.75) is 26.8 Å². The highest BCUT2D eigenvalue weighted by molar-refractivity contribution is 7.17. The van der Waals surface area contributed by atoms with E-state index in [-0.39, 0.29) is 40.6 Å². The Hall–Kier alpha value is -4.12. The quantitative estimate of drug-likeness (QED) is 0.216. The molecule has 4 rings (SSSR count). The molecule has 9 nitrogen and oxygen atoms in total. The summed E-state index contributed by atoms with van der Waals surface area (Å²) in [7, 11) is 0. The van der Waals surface area contributed by atoms with Crippen LogP contribution in [0, 0.1) is 15.9 Å². The van der Waals surface area contributed by atoms with Gasteiger partial charge < -0.3 is 10.2 Å². The van der Waals surface area contributed by atoms with E-state index in [1.807, 2.05) is 6.92 Å². The number of thiophene rings is 1. The van der Waals surface area contributed by atoms with Gasteiger partial charge in [0.25, 0.3) is 5.69 Å². The predicted molar refractivity (Wildman–Crippen MR) is 124 cm³/mol. The highest BCUT2D eigenvalue weighted by Crippen LogP contribution is 2.41. The number of nitro groups is 1. The first kappa shape index (κ1) is 23.1. The number of ketones is 1. The summed E-state index contributed by atoms with van der Waals surface area (Å²) in [6, 6.07) is 9.66. The number of nitrogens with zero attached hydrogens (tertiary/aromatic N) is 4. The molecule has 0 radical (unpaired) electrons. The van der Waals surface area contributed by atoms with Crippen LogP contribution in [-0.2, 0) is 13.0 Å². The van der Waals surface area contributed by atoms with Crippen molar-refractivity contribution in [2.75, 3.05) is 0 Å². The van der Waals surface area contributed by atoms with Gasteiger partial charge in [-0.05, 0) is 43.2 Å². The Morgan fingerprint density at radius 1 is 1.21 bits per heavy atom. The molecule has 2 aromatic heterocycles. The number of phenols is 2. The van der Waals surface area contributed by atoms with Gasteiger partial charge in [0.2, 0.25) is 0 Å². The van der Waals surface area contributed by atoms with Crippen molar-refractivity contribution in [3.63, 3.8) is 0 Å². The van der Waals surface area contributed by atoms with Gasteiger partial charge in [0.1, 0.15) is 28.7 Å².